The molecule has 0 saturated heterocycles. The van der Waals surface area contributed by atoms with Crippen molar-refractivity contribution in [3.8, 4) is 0 Å². The Morgan fingerprint density at radius 3 is 2.75 bits per heavy atom. The molecule has 0 aromatic heterocycles. The maximum Gasteiger partial charge on any atom is 0.0719 e. The van der Waals surface area contributed by atoms with Crippen molar-refractivity contribution in [2.45, 2.75) is 38.8 Å². The third-order valence-electron chi connectivity index (χ3n) is 4.27. The number of rotatable bonds is 1. The topological polar surface area (TPSA) is 35.2 Å². The van der Waals surface area contributed by atoms with Gasteiger partial charge in [-0.15, -0.1) is 0 Å². The minimum absolute atomic E-state index is 0.277. The smallest absolute Gasteiger partial charge is 0.0719 e. The summed E-state index contributed by atoms with van der Waals surface area (Å²) in [5.41, 5.74) is 10.6. The molecule has 1 aliphatic carbocycles. The summed E-state index contributed by atoms with van der Waals surface area (Å²) in [6.07, 6.45) is 1.05. The SMILES string of the molecule is CC1(C)[C@H](N)[C@H]1c1ccc2c(c1)CCOC2. The van der Waals surface area contributed by atoms with Crippen LogP contribution in [0.15, 0.2) is 18.2 Å². The monoisotopic (exact) mass is 217 g/mol. The summed E-state index contributed by atoms with van der Waals surface area (Å²) in [6, 6.07) is 7.11. The normalized spacial score (nSPS) is 30.9. The number of fused-ring (bicyclic) bond motifs is 1. The van der Waals surface area contributed by atoms with Crippen molar-refractivity contribution in [3.05, 3.63) is 34.9 Å². The summed E-state index contributed by atoms with van der Waals surface area (Å²) in [5, 5.41) is 0. The van der Waals surface area contributed by atoms with Gasteiger partial charge in [0.05, 0.1) is 13.2 Å². The molecule has 1 aromatic rings. The van der Waals surface area contributed by atoms with Gasteiger partial charge in [-0.1, -0.05) is 32.0 Å². The van der Waals surface area contributed by atoms with Crippen LogP contribution in [0.4, 0.5) is 0 Å². The van der Waals surface area contributed by atoms with Gasteiger partial charge in [-0.25, -0.2) is 0 Å². The van der Waals surface area contributed by atoms with E-state index in [1.807, 2.05) is 0 Å². The lowest BCUT2D eigenvalue weighted by Crippen LogP contribution is -2.10. The fourth-order valence-electron chi connectivity index (χ4n) is 2.89. The summed E-state index contributed by atoms with van der Waals surface area (Å²) in [5.74, 6) is 0.542. The molecule has 0 bridgehead atoms. The van der Waals surface area contributed by atoms with Gasteiger partial charge < -0.3 is 10.5 Å². The Kier molecular flexibility index (Phi) is 2.13. The Hall–Kier alpha value is -0.860. The summed E-state index contributed by atoms with van der Waals surface area (Å²) in [7, 11) is 0. The summed E-state index contributed by atoms with van der Waals surface area (Å²) in [6.45, 7) is 6.14. The highest BCUT2D eigenvalue weighted by molar-refractivity contribution is 5.40. The van der Waals surface area contributed by atoms with Gasteiger partial charge in [0.15, 0.2) is 0 Å². The van der Waals surface area contributed by atoms with Gasteiger partial charge in [-0.3, -0.25) is 0 Å². The van der Waals surface area contributed by atoms with Gasteiger partial charge in [0, 0.05) is 12.0 Å². The highest BCUT2D eigenvalue weighted by Crippen LogP contribution is 2.57. The molecule has 2 N–H and O–H groups in total. The highest BCUT2D eigenvalue weighted by atomic mass is 16.5. The van der Waals surface area contributed by atoms with Crippen LogP contribution >= 0.6 is 0 Å². The van der Waals surface area contributed by atoms with Crippen molar-refractivity contribution in [1.29, 1.82) is 0 Å². The van der Waals surface area contributed by atoms with Gasteiger partial charge in [0.25, 0.3) is 0 Å². The lowest BCUT2D eigenvalue weighted by Gasteiger charge is -2.17. The predicted octanol–water partition coefficient (Wildman–Crippen LogP) is 2.21. The zero-order valence-electron chi connectivity index (χ0n) is 9.99. The molecule has 1 saturated carbocycles. The molecule has 2 heteroatoms. The lowest BCUT2D eigenvalue weighted by atomic mass is 9.96. The number of ether oxygens (including phenoxy) is 1. The standard InChI is InChI=1S/C14H19NO/c1-14(2)12(13(14)15)10-3-4-11-8-16-6-5-9(11)7-10/h3-4,7,12-13H,5-6,8,15H2,1-2H3/t12-,13-/m1/s1. The molecule has 2 nitrogen and oxygen atoms in total. The second-order valence-corrected chi connectivity index (χ2v) is 5.66. The van der Waals surface area contributed by atoms with E-state index in [4.69, 9.17) is 10.5 Å². The minimum atomic E-state index is 0.277. The van der Waals surface area contributed by atoms with Gasteiger partial charge in [-0.05, 0) is 28.5 Å². The predicted molar refractivity (Wildman–Crippen MR) is 64.3 cm³/mol. The van der Waals surface area contributed by atoms with E-state index < -0.39 is 0 Å². The molecule has 0 radical (unpaired) electrons. The van der Waals surface area contributed by atoms with E-state index in [2.05, 4.69) is 32.0 Å². The first-order valence-corrected chi connectivity index (χ1v) is 6.06. The van der Waals surface area contributed by atoms with Crippen LogP contribution < -0.4 is 5.73 Å². The molecular weight excluding hydrogens is 198 g/mol. The molecule has 0 amide bonds. The molecule has 1 heterocycles. The van der Waals surface area contributed by atoms with Crippen molar-refractivity contribution in [1.82, 2.24) is 0 Å². The Balaban J connectivity index is 1.93. The van der Waals surface area contributed by atoms with E-state index in [0.717, 1.165) is 19.6 Å². The molecule has 86 valence electrons. The van der Waals surface area contributed by atoms with Gasteiger partial charge in [-0.2, -0.15) is 0 Å². The van der Waals surface area contributed by atoms with Crippen LogP contribution in [0.3, 0.4) is 0 Å². The summed E-state index contributed by atoms with van der Waals surface area (Å²) >= 11 is 0. The van der Waals surface area contributed by atoms with Crippen molar-refractivity contribution >= 4 is 0 Å². The Bertz CT molecular complexity index is 425. The summed E-state index contributed by atoms with van der Waals surface area (Å²) in [4.78, 5) is 0. The zero-order valence-corrected chi connectivity index (χ0v) is 9.99. The van der Waals surface area contributed by atoms with Gasteiger partial charge in [0.1, 0.15) is 0 Å². The van der Waals surface area contributed by atoms with Crippen molar-refractivity contribution in [2.75, 3.05) is 6.61 Å². The highest BCUT2D eigenvalue weighted by Gasteiger charge is 2.56. The van der Waals surface area contributed by atoms with E-state index in [9.17, 15) is 0 Å². The third kappa shape index (κ3) is 1.40. The Morgan fingerprint density at radius 2 is 2.06 bits per heavy atom. The van der Waals surface area contributed by atoms with E-state index in [-0.39, 0.29) is 5.41 Å². The average molecular weight is 217 g/mol. The van der Waals surface area contributed by atoms with Crippen LogP contribution in [0.2, 0.25) is 0 Å². The largest absolute Gasteiger partial charge is 0.376 e. The van der Waals surface area contributed by atoms with E-state index in [1.165, 1.54) is 16.7 Å². The van der Waals surface area contributed by atoms with Crippen molar-refractivity contribution in [2.24, 2.45) is 11.1 Å². The van der Waals surface area contributed by atoms with Crippen LogP contribution in [-0.4, -0.2) is 12.6 Å². The second-order valence-electron chi connectivity index (χ2n) is 5.66. The van der Waals surface area contributed by atoms with Crippen LogP contribution in [0.25, 0.3) is 0 Å². The van der Waals surface area contributed by atoms with Crippen LogP contribution in [0.1, 0.15) is 36.5 Å². The first-order valence-electron chi connectivity index (χ1n) is 6.06. The number of hydrogen-bond donors (Lipinski definition) is 1. The molecule has 3 rings (SSSR count). The molecule has 0 spiro atoms. The Morgan fingerprint density at radius 1 is 1.31 bits per heavy atom. The molecule has 0 unspecified atom stereocenters. The fourth-order valence-corrected chi connectivity index (χ4v) is 2.89. The average Bonchev–Trinajstić information content (AvgIpc) is 2.78. The molecule has 1 aromatic carbocycles. The maximum absolute atomic E-state index is 6.13. The lowest BCUT2D eigenvalue weighted by molar-refractivity contribution is 0.110. The zero-order chi connectivity index (χ0) is 11.3. The molecule has 2 atom stereocenters. The second kappa shape index (κ2) is 3.31. The third-order valence-corrected chi connectivity index (χ3v) is 4.27. The van der Waals surface area contributed by atoms with Gasteiger partial charge >= 0.3 is 0 Å². The van der Waals surface area contributed by atoms with E-state index in [1.54, 1.807) is 0 Å². The van der Waals surface area contributed by atoms with Crippen LogP contribution in [0, 0.1) is 5.41 Å². The summed E-state index contributed by atoms with van der Waals surface area (Å²) < 4.78 is 5.45. The van der Waals surface area contributed by atoms with Crippen molar-refractivity contribution in [3.63, 3.8) is 0 Å². The quantitative estimate of drug-likeness (QED) is 0.782. The van der Waals surface area contributed by atoms with E-state index >= 15 is 0 Å². The first kappa shape index (κ1) is 10.3. The van der Waals surface area contributed by atoms with Crippen LogP contribution in [0.5, 0.6) is 0 Å². The number of hydrogen-bond acceptors (Lipinski definition) is 2. The van der Waals surface area contributed by atoms with Gasteiger partial charge in [0.2, 0.25) is 0 Å². The Labute approximate surface area is 96.8 Å². The minimum Gasteiger partial charge on any atom is -0.376 e. The van der Waals surface area contributed by atoms with Crippen LogP contribution in [-0.2, 0) is 17.8 Å². The molecule has 1 aliphatic heterocycles. The maximum atomic E-state index is 6.13. The molecule has 16 heavy (non-hydrogen) atoms. The van der Waals surface area contributed by atoms with E-state index in [0.29, 0.717) is 12.0 Å². The molecular formula is C14H19NO. The molecule has 2 aliphatic rings. The van der Waals surface area contributed by atoms with Crippen molar-refractivity contribution < 1.29 is 4.74 Å². The number of benzene rings is 1. The number of nitrogens with two attached hydrogens (primary N) is 1. The molecule has 1 fully saturated rings. The first-order chi connectivity index (χ1) is 7.60. The fraction of sp³-hybridized carbons (Fsp3) is 0.571.